The molecule has 3 aromatic rings. The number of benzene rings is 2. The van der Waals surface area contributed by atoms with Crippen molar-refractivity contribution in [2.45, 2.75) is 17.7 Å². The molecule has 1 aliphatic rings. The third-order valence-electron chi connectivity index (χ3n) is 5.15. The van der Waals surface area contributed by atoms with Crippen LogP contribution in [0.3, 0.4) is 0 Å². The van der Waals surface area contributed by atoms with Crippen molar-refractivity contribution in [2.24, 2.45) is 0 Å². The van der Waals surface area contributed by atoms with Gasteiger partial charge in [0.25, 0.3) is 5.91 Å². The molecule has 0 atom stereocenters. The number of rotatable bonds is 5. The lowest BCUT2D eigenvalue weighted by atomic mass is 10.1. The van der Waals surface area contributed by atoms with E-state index < -0.39 is 21.4 Å². The monoisotopic (exact) mass is 427 g/mol. The Kier molecular flexibility index (Phi) is 5.31. The molecule has 9 heteroatoms. The van der Waals surface area contributed by atoms with Gasteiger partial charge in [-0.1, -0.05) is 0 Å². The van der Waals surface area contributed by atoms with Crippen LogP contribution in [0.2, 0.25) is 0 Å². The minimum Gasteiger partial charge on any atom is -0.497 e. The average Bonchev–Trinajstić information content (AvgIpc) is 3.30. The first-order valence-corrected chi connectivity index (χ1v) is 10.9. The Morgan fingerprint density at radius 3 is 2.47 bits per heavy atom. The molecule has 0 radical (unpaired) electrons. The SMILES string of the molecule is COc1ccc2[nH]cc(C(=O)Nc3ccc(S(=O)(=O)N4CCCC4)cc3)c(=O)c2c1. The fourth-order valence-corrected chi connectivity index (χ4v) is 5.00. The van der Waals surface area contributed by atoms with Crippen molar-refractivity contribution < 1.29 is 17.9 Å². The van der Waals surface area contributed by atoms with Crippen LogP contribution < -0.4 is 15.5 Å². The number of aromatic nitrogens is 1. The van der Waals surface area contributed by atoms with E-state index in [2.05, 4.69) is 10.3 Å². The number of carbonyl (C=O) groups is 1. The smallest absolute Gasteiger partial charge is 0.261 e. The quantitative estimate of drug-likeness (QED) is 0.651. The highest BCUT2D eigenvalue weighted by Gasteiger charge is 2.27. The number of ether oxygens (including phenoxy) is 1. The first-order valence-electron chi connectivity index (χ1n) is 9.51. The second-order valence-corrected chi connectivity index (χ2v) is 8.97. The average molecular weight is 427 g/mol. The number of aromatic amines is 1. The molecule has 1 saturated heterocycles. The Labute approximate surface area is 173 Å². The zero-order valence-electron chi connectivity index (χ0n) is 16.3. The van der Waals surface area contributed by atoms with Crippen LogP contribution in [0.4, 0.5) is 5.69 Å². The number of hydrogen-bond acceptors (Lipinski definition) is 5. The molecule has 1 aromatic heterocycles. The maximum absolute atomic E-state index is 12.7. The maximum atomic E-state index is 12.7. The molecule has 30 heavy (non-hydrogen) atoms. The van der Waals surface area contributed by atoms with E-state index >= 15 is 0 Å². The van der Waals surface area contributed by atoms with Gasteiger partial charge in [-0.05, 0) is 55.3 Å². The summed E-state index contributed by atoms with van der Waals surface area (Å²) in [5.74, 6) is -0.0727. The number of H-pyrrole nitrogens is 1. The summed E-state index contributed by atoms with van der Waals surface area (Å²) < 4.78 is 31.8. The maximum Gasteiger partial charge on any atom is 0.261 e. The molecule has 2 N–H and O–H groups in total. The zero-order chi connectivity index (χ0) is 21.3. The highest BCUT2D eigenvalue weighted by molar-refractivity contribution is 7.89. The van der Waals surface area contributed by atoms with E-state index in [-0.39, 0.29) is 10.5 Å². The third kappa shape index (κ3) is 3.69. The Balaban J connectivity index is 1.57. The molecular formula is C21H21N3O5S. The van der Waals surface area contributed by atoms with Gasteiger partial charge in [0.1, 0.15) is 11.3 Å². The molecule has 1 fully saturated rings. The lowest BCUT2D eigenvalue weighted by Crippen LogP contribution is -2.27. The third-order valence-corrected chi connectivity index (χ3v) is 7.06. The molecule has 4 rings (SSSR count). The molecule has 0 saturated carbocycles. The van der Waals surface area contributed by atoms with Gasteiger partial charge < -0.3 is 15.0 Å². The van der Waals surface area contributed by atoms with Crippen LogP contribution in [0.1, 0.15) is 23.2 Å². The lowest BCUT2D eigenvalue weighted by Gasteiger charge is -2.15. The number of sulfonamides is 1. The van der Waals surface area contributed by atoms with E-state index in [9.17, 15) is 18.0 Å². The van der Waals surface area contributed by atoms with Crippen LogP contribution in [0.5, 0.6) is 5.75 Å². The van der Waals surface area contributed by atoms with Gasteiger partial charge >= 0.3 is 0 Å². The van der Waals surface area contributed by atoms with Gasteiger partial charge in [-0.3, -0.25) is 9.59 Å². The Morgan fingerprint density at radius 2 is 1.80 bits per heavy atom. The number of methoxy groups -OCH3 is 1. The Hall–Kier alpha value is -3.17. The summed E-state index contributed by atoms with van der Waals surface area (Å²) in [6.07, 6.45) is 3.08. The van der Waals surface area contributed by atoms with E-state index in [4.69, 9.17) is 4.74 Å². The standard InChI is InChI=1S/C21H21N3O5S/c1-29-15-6-9-19-17(12-15)20(25)18(13-22-19)21(26)23-14-4-7-16(8-5-14)30(27,28)24-10-2-3-11-24/h4-9,12-13H,2-3,10-11H2,1H3,(H,22,25)(H,23,26). The predicted octanol–water partition coefficient (Wildman–Crippen LogP) is 2.57. The minimum absolute atomic E-state index is 0.0514. The number of pyridine rings is 1. The second kappa shape index (κ2) is 7.92. The van der Waals surface area contributed by atoms with Crippen molar-refractivity contribution in [1.29, 1.82) is 0 Å². The summed E-state index contributed by atoms with van der Waals surface area (Å²) in [5.41, 5.74) is 0.511. The fraction of sp³-hybridized carbons (Fsp3) is 0.238. The number of amides is 1. The number of fused-ring (bicyclic) bond motifs is 1. The van der Waals surface area contributed by atoms with E-state index in [1.165, 1.54) is 41.9 Å². The van der Waals surface area contributed by atoms with Crippen LogP contribution in [-0.2, 0) is 10.0 Å². The van der Waals surface area contributed by atoms with Gasteiger partial charge in [0.2, 0.25) is 15.5 Å². The van der Waals surface area contributed by atoms with Crippen molar-refractivity contribution in [3.8, 4) is 5.75 Å². The summed E-state index contributed by atoms with van der Waals surface area (Å²) in [5, 5.41) is 2.98. The molecule has 0 bridgehead atoms. The molecule has 2 aromatic carbocycles. The lowest BCUT2D eigenvalue weighted by molar-refractivity contribution is 0.102. The topological polar surface area (TPSA) is 109 Å². The molecule has 0 unspecified atom stereocenters. The van der Waals surface area contributed by atoms with Gasteiger partial charge in [-0.25, -0.2) is 8.42 Å². The van der Waals surface area contributed by atoms with Crippen molar-refractivity contribution >= 4 is 32.5 Å². The Bertz CT molecular complexity index is 1260. The van der Waals surface area contributed by atoms with Crippen LogP contribution in [0.25, 0.3) is 10.9 Å². The molecular weight excluding hydrogens is 406 g/mol. The number of nitrogens with zero attached hydrogens (tertiary/aromatic N) is 1. The van der Waals surface area contributed by atoms with Crippen LogP contribution >= 0.6 is 0 Å². The highest BCUT2D eigenvalue weighted by Crippen LogP contribution is 2.22. The van der Waals surface area contributed by atoms with Gasteiger partial charge in [0.05, 0.1) is 12.0 Å². The van der Waals surface area contributed by atoms with Gasteiger partial charge in [0, 0.05) is 35.9 Å². The summed E-state index contributed by atoms with van der Waals surface area (Å²) in [7, 11) is -2.02. The van der Waals surface area contributed by atoms with E-state index in [0.717, 1.165) is 12.8 Å². The molecule has 8 nitrogen and oxygen atoms in total. The number of carbonyl (C=O) groups excluding carboxylic acids is 1. The van der Waals surface area contributed by atoms with Crippen molar-refractivity contribution in [2.75, 3.05) is 25.5 Å². The molecule has 0 spiro atoms. The summed E-state index contributed by atoms with van der Waals surface area (Å²) in [4.78, 5) is 28.5. The van der Waals surface area contributed by atoms with Crippen LogP contribution in [0.15, 0.2) is 58.4 Å². The summed E-state index contributed by atoms with van der Waals surface area (Å²) in [6.45, 7) is 1.05. The molecule has 0 aliphatic carbocycles. The van der Waals surface area contributed by atoms with Gasteiger partial charge in [0.15, 0.2) is 0 Å². The molecule has 1 aliphatic heterocycles. The second-order valence-electron chi connectivity index (χ2n) is 7.03. The molecule has 2 heterocycles. The molecule has 1 amide bonds. The van der Waals surface area contributed by atoms with E-state index in [0.29, 0.717) is 35.4 Å². The van der Waals surface area contributed by atoms with Gasteiger partial charge in [-0.15, -0.1) is 0 Å². The fourth-order valence-electron chi connectivity index (χ4n) is 3.48. The van der Waals surface area contributed by atoms with E-state index in [1.54, 1.807) is 18.2 Å². The van der Waals surface area contributed by atoms with Crippen LogP contribution in [0, 0.1) is 0 Å². The first kappa shape index (κ1) is 20.1. The Morgan fingerprint density at radius 1 is 1.10 bits per heavy atom. The summed E-state index contributed by atoms with van der Waals surface area (Å²) in [6, 6.07) is 10.9. The van der Waals surface area contributed by atoms with Crippen molar-refractivity contribution in [3.63, 3.8) is 0 Å². The van der Waals surface area contributed by atoms with Crippen LogP contribution in [-0.4, -0.2) is 43.8 Å². The molecule has 156 valence electrons. The summed E-state index contributed by atoms with van der Waals surface area (Å²) >= 11 is 0. The van der Waals surface area contributed by atoms with Gasteiger partial charge in [-0.2, -0.15) is 4.31 Å². The predicted molar refractivity (Wildman–Crippen MR) is 114 cm³/mol. The number of nitrogens with one attached hydrogen (secondary N) is 2. The first-order chi connectivity index (χ1) is 14.4. The minimum atomic E-state index is -3.52. The largest absolute Gasteiger partial charge is 0.497 e. The van der Waals surface area contributed by atoms with Crippen molar-refractivity contribution in [3.05, 3.63) is 64.4 Å². The highest BCUT2D eigenvalue weighted by atomic mass is 32.2. The van der Waals surface area contributed by atoms with E-state index in [1.807, 2.05) is 0 Å². The zero-order valence-corrected chi connectivity index (χ0v) is 17.2. The number of hydrogen-bond donors (Lipinski definition) is 2. The van der Waals surface area contributed by atoms with Crippen molar-refractivity contribution in [1.82, 2.24) is 9.29 Å². The number of anilines is 1. The normalized spacial score (nSPS) is 14.7.